The van der Waals surface area contributed by atoms with E-state index >= 15 is 0 Å². The molecule has 0 unspecified atom stereocenters. The largest absolute Gasteiger partial charge is 0.340 e. The average molecular weight is 638 g/mol. The van der Waals surface area contributed by atoms with E-state index in [0.717, 1.165) is 11.1 Å². The van der Waals surface area contributed by atoms with Crippen LogP contribution in [0.25, 0.3) is 6.08 Å². The van der Waals surface area contributed by atoms with Gasteiger partial charge < -0.3 is 20.9 Å². The molecule has 3 aromatic carbocycles. The van der Waals surface area contributed by atoms with E-state index in [9.17, 15) is 14.4 Å². The van der Waals surface area contributed by atoms with Crippen LogP contribution in [0, 0.1) is 0 Å². The van der Waals surface area contributed by atoms with Gasteiger partial charge in [0.1, 0.15) is 12.4 Å². The molecule has 5 rings (SSSR count). The van der Waals surface area contributed by atoms with Crippen LogP contribution in [0.2, 0.25) is 5.02 Å². The Morgan fingerprint density at radius 1 is 0.957 bits per heavy atom. The molecule has 13 heteroatoms. The number of hydrogen-bond acceptors (Lipinski definition) is 8. The van der Waals surface area contributed by atoms with Gasteiger partial charge in [0.15, 0.2) is 0 Å². The van der Waals surface area contributed by atoms with Crippen molar-refractivity contribution < 1.29 is 14.4 Å². The summed E-state index contributed by atoms with van der Waals surface area (Å²) in [5, 5.41) is 14.6. The van der Waals surface area contributed by atoms with Crippen LogP contribution in [0.1, 0.15) is 16.7 Å². The number of rotatable bonds is 11. The smallest absolute Gasteiger partial charge is 0.321 e. The minimum Gasteiger partial charge on any atom is -0.340 e. The number of anilines is 3. The van der Waals surface area contributed by atoms with Crippen LogP contribution in [0.15, 0.2) is 109 Å². The number of amides is 4. The summed E-state index contributed by atoms with van der Waals surface area (Å²) in [7, 11) is 1.69. The van der Waals surface area contributed by atoms with Gasteiger partial charge in [-0.3, -0.25) is 14.6 Å². The maximum Gasteiger partial charge on any atom is 0.321 e. The van der Waals surface area contributed by atoms with Gasteiger partial charge in [-0.2, -0.15) is 5.10 Å². The number of halogens is 1. The molecule has 234 valence electrons. The Hall–Kier alpha value is -5.72. The van der Waals surface area contributed by atoms with Gasteiger partial charge in [0.05, 0.1) is 5.69 Å². The number of hydrazone groups is 1. The van der Waals surface area contributed by atoms with Crippen LogP contribution in [0.5, 0.6) is 0 Å². The predicted octanol–water partition coefficient (Wildman–Crippen LogP) is 4.55. The summed E-state index contributed by atoms with van der Waals surface area (Å²) >= 11 is 6.21. The zero-order chi connectivity index (χ0) is 32.3. The molecule has 46 heavy (non-hydrogen) atoms. The van der Waals surface area contributed by atoms with E-state index in [1.54, 1.807) is 84.2 Å². The standard InChI is InChI=1S/C33H32ClN9O3/c1-42(21-24-8-5-17-35-20-24)33(46)38-28-13-11-27(12-14-28)37-32(45)29(18-23-6-3-2-4-7-23)39-31(44)16-9-25-19-26(34)10-15-30(25)43-22-36-40-41-43/h2-17,19-20,22,29,40-41H,18,21H2,1H3,(H,37,45)(H,38,46)(H,39,44)/b16-9+/t29-/m0/s1. The molecule has 1 aliphatic rings. The molecule has 1 atom stereocenters. The third-order valence-electron chi connectivity index (χ3n) is 6.88. The van der Waals surface area contributed by atoms with Crippen molar-refractivity contribution in [3.63, 3.8) is 0 Å². The lowest BCUT2D eigenvalue weighted by atomic mass is 10.0. The second kappa shape index (κ2) is 15.3. The quantitative estimate of drug-likeness (QED) is 0.152. The molecule has 0 radical (unpaired) electrons. The summed E-state index contributed by atoms with van der Waals surface area (Å²) in [6.07, 6.45) is 8.17. The lowest BCUT2D eigenvalue weighted by molar-refractivity contribution is -0.123. The summed E-state index contributed by atoms with van der Waals surface area (Å²) in [5.74, 6) is -0.859. The third-order valence-corrected chi connectivity index (χ3v) is 7.12. The summed E-state index contributed by atoms with van der Waals surface area (Å²) in [6, 6.07) is 23.9. The van der Waals surface area contributed by atoms with Gasteiger partial charge in [-0.25, -0.2) is 15.3 Å². The van der Waals surface area contributed by atoms with Crippen LogP contribution in [-0.2, 0) is 22.6 Å². The normalized spacial score (nSPS) is 12.8. The minimum absolute atomic E-state index is 0.270. The molecule has 0 saturated carbocycles. The first kappa shape index (κ1) is 31.7. The first-order chi connectivity index (χ1) is 22.3. The van der Waals surface area contributed by atoms with Crippen LogP contribution in [-0.4, -0.2) is 47.2 Å². The number of nitrogens with one attached hydrogen (secondary N) is 5. The van der Waals surface area contributed by atoms with E-state index in [0.29, 0.717) is 34.2 Å². The molecule has 4 aromatic rings. The first-order valence-electron chi connectivity index (χ1n) is 14.3. The first-order valence-corrected chi connectivity index (χ1v) is 14.7. The molecule has 0 spiro atoms. The lowest BCUT2D eigenvalue weighted by Gasteiger charge is -2.19. The number of aromatic nitrogens is 1. The Morgan fingerprint density at radius 2 is 1.70 bits per heavy atom. The fourth-order valence-corrected chi connectivity index (χ4v) is 4.75. The van der Waals surface area contributed by atoms with Gasteiger partial charge in [-0.05, 0) is 65.7 Å². The molecule has 5 N–H and O–H groups in total. The monoisotopic (exact) mass is 637 g/mol. The van der Waals surface area contributed by atoms with Gasteiger partial charge in [0.25, 0.3) is 0 Å². The zero-order valence-corrected chi connectivity index (χ0v) is 25.6. The molecular weight excluding hydrogens is 606 g/mol. The minimum atomic E-state index is -0.879. The highest BCUT2D eigenvalue weighted by Crippen LogP contribution is 2.25. The van der Waals surface area contributed by atoms with Crippen molar-refractivity contribution in [2.75, 3.05) is 22.7 Å². The van der Waals surface area contributed by atoms with Gasteiger partial charge in [0.2, 0.25) is 11.8 Å². The van der Waals surface area contributed by atoms with E-state index in [1.807, 2.05) is 42.5 Å². The Labute approximate surface area is 271 Å². The number of benzene rings is 3. The van der Waals surface area contributed by atoms with Crippen molar-refractivity contribution in [1.29, 1.82) is 0 Å². The molecule has 1 aliphatic heterocycles. The highest BCUT2D eigenvalue weighted by Gasteiger charge is 2.21. The van der Waals surface area contributed by atoms with Gasteiger partial charge in [0, 0.05) is 60.4 Å². The second-order valence-corrected chi connectivity index (χ2v) is 10.8. The Morgan fingerprint density at radius 3 is 2.39 bits per heavy atom. The van der Waals surface area contributed by atoms with Gasteiger partial charge in [-0.1, -0.05) is 48.0 Å². The van der Waals surface area contributed by atoms with Crippen LogP contribution < -0.4 is 32.0 Å². The molecule has 0 bridgehead atoms. The molecule has 2 heterocycles. The third kappa shape index (κ3) is 8.91. The lowest BCUT2D eigenvalue weighted by Crippen LogP contribution is -2.44. The molecule has 1 aromatic heterocycles. The average Bonchev–Trinajstić information content (AvgIpc) is 3.60. The topological polar surface area (TPSA) is 143 Å². The summed E-state index contributed by atoms with van der Waals surface area (Å²) in [4.78, 5) is 44.8. The molecule has 0 saturated heterocycles. The van der Waals surface area contributed by atoms with Crippen molar-refractivity contribution in [2.24, 2.45) is 5.10 Å². The maximum atomic E-state index is 13.4. The number of hydrogen-bond donors (Lipinski definition) is 5. The summed E-state index contributed by atoms with van der Waals surface area (Å²) in [6.45, 7) is 0.403. The van der Waals surface area contributed by atoms with E-state index in [1.165, 1.54) is 6.08 Å². The van der Waals surface area contributed by atoms with Crippen molar-refractivity contribution in [3.8, 4) is 0 Å². The van der Waals surface area contributed by atoms with Crippen molar-refractivity contribution in [1.82, 2.24) is 26.3 Å². The molecule has 12 nitrogen and oxygen atoms in total. The maximum absolute atomic E-state index is 13.4. The van der Waals surface area contributed by atoms with E-state index < -0.39 is 17.9 Å². The number of carbonyl (C=O) groups excluding carboxylic acids is 3. The fraction of sp³-hybridized carbons (Fsp3) is 0.121. The number of carbonyl (C=O) groups is 3. The Balaban J connectivity index is 1.23. The molecular formula is C33H32ClN9O3. The van der Waals surface area contributed by atoms with Gasteiger partial charge in [-0.15, -0.1) is 5.53 Å². The van der Waals surface area contributed by atoms with Crippen LogP contribution in [0.3, 0.4) is 0 Å². The highest BCUT2D eigenvalue weighted by atomic mass is 35.5. The van der Waals surface area contributed by atoms with E-state index in [4.69, 9.17) is 11.6 Å². The fourth-order valence-electron chi connectivity index (χ4n) is 4.57. The van der Waals surface area contributed by atoms with Crippen molar-refractivity contribution >= 4 is 58.9 Å². The van der Waals surface area contributed by atoms with Crippen molar-refractivity contribution in [3.05, 3.63) is 125 Å². The number of hydrazine groups is 2. The number of pyridine rings is 1. The number of urea groups is 1. The van der Waals surface area contributed by atoms with Crippen molar-refractivity contribution in [2.45, 2.75) is 19.0 Å². The van der Waals surface area contributed by atoms with Gasteiger partial charge >= 0.3 is 6.03 Å². The summed E-state index contributed by atoms with van der Waals surface area (Å²) < 4.78 is 0. The molecule has 0 aliphatic carbocycles. The van der Waals surface area contributed by atoms with Crippen LogP contribution in [0.4, 0.5) is 21.9 Å². The SMILES string of the molecule is CN(Cc1cccnc1)C(=O)Nc1ccc(NC(=O)[C@H](Cc2ccccc2)NC(=O)/C=C/c2cc(Cl)ccc2N2C=NNN2)cc1. The zero-order valence-electron chi connectivity index (χ0n) is 24.9. The van der Waals surface area contributed by atoms with E-state index in [2.05, 4.69) is 37.1 Å². The van der Waals surface area contributed by atoms with E-state index in [-0.39, 0.29) is 12.5 Å². The molecule has 0 fully saturated rings. The predicted molar refractivity (Wildman–Crippen MR) is 180 cm³/mol. The number of nitrogens with zero attached hydrogens (tertiary/aromatic N) is 4. The highest BCUT2D eigenvalue weighted by molar-refractivity contribution is 6.30. The Kier molecular flexibility index (Phi) is 10.6. The summed E-state index contributed by atoms with van der Waals surface area (Å²) in [5.41, 5.74) is 9.70. The van der Waals surface area contributed by atoms with Crippen LogP contribution >= 0.6 is 11.6 Å². The second-order valence-electron chi connectivity index (χ2n) is 10.3. The molecule has 4 amide bonds. The Bertz CT molecular complexity index is 1720.